The van der Waals surface area contributed by atoms with Crippen molar-refractivity contribution in [1.82, 2.24) is 14.7 Å². The van der Waals surface area contributed by atoms with E-state index in [0.717, 1.165) is 5.96 Å². The molecular formula is C10H23IN4O. The molecule has 0 radical (unpaired) electrons. The lowest BCUT2D eigenvalue weighted by molar-refractivity contribution is -0.128. The third-order valence-electron chi connectivity index (χ3n) is 1.88. The Morgan fingerprint density at radius 1 is 0.938 bits per heavy atom. The van der Waals surface area contributed by atoms with Gasteiger partial charge < -0.3 is 14.7 Å². The summed E-state index contributed by atoms with van der Waals surface area (Å²) in [6.07, 6.45) is 0.457. The van der Waals surface area contributed by atoms with Crippen LogP contribution in [0.5, 0.6) is 0 Å². The molecule has 0 aliphatic rings. The number of nitrogens with zero attached hydrogens (tertiary/aromatic N) is 4. The lowest BCUT2D eigenvalue weighted by Gasteiger charge is -2.22. The zero-order chi connectivity index (χ0) is 12.0. The van der Waals surface area contributed by atoms with Crippen molar-refractivity contribution in [2.45, 2.75) is 6.42 Å². The molecule has 5 nitrogen and oxygen atoms in total. The maximum Gasteiger partial charge on any atom is 0.223 e. The number of aliphatic imine (C=N–C) groups is 1. The van der Waals surface area contributed by atoms with Crippen molar-refractivity contribution in [2.24, 2.45) is 4.99 Å². The van der Waals surface area contributed by atoms with Gasteiger partial charge in [0.25, 0.3) is 0 Å². The van der Waals surface area contributed by atoms with Gasteiger partial charge >= 0.3 is 0 Å². The maximum atomic E-state index is 11.3. The first-order valence-corrected chi connectivity index (χ1v) is 4.95. The van der Waals surface area contributed by atoms with Crippen LogP contribution in [0.1, 0.15) is 6.42 Å². The van der Waals surface area contributed by atoms with Gasteiger partial charge in [0.05, 0.1) is 6.54 Å². The smallest absolute Gasteiger partial charge is 0.223 e. The standard InChI is InChI=1S/C10H22N4O.HI/c1-12(2)9(15)7-8-11-10(13(3)4)14(5)6;/h7-8H2,1-6H3;1H. The average molecular weight is 342 g/mol. The highest BCUT2D eigenvalue weighted by atomic mass is 127. The second-order valence-electron chi connectivity index (χ2n) is 4.01. The molecule has 0 aromatic carbocycles. The van der Waals surface area contributed by atoms with Crippen LogP contribution < -0.4 is 0 Å². The van der Waals surface area contributed by atoms with E-state index >= 15 is 0 Å². The summed E-state index contributed by atoms with van der Waals surface area (Å²) >= 11 is 0. The average Bonchev–Trinajstić information content (AvgIpc) is 2.10. The molecule has 0 rings (SSSR count). The minimum atomic E-state index is 0. The number of hydrogen-bond donors (Lipinski definition) is 0. The molecule has 0 aromatic heterocycles. The molecule has 96 valence electrons. The molecule has 16 heavy (non-hydrogen) atoms. The van der Waals surface area contributed by atoms with Crippen molar-refractivity contribution in [3.05, 3.63) is 0 Å². The number of amides is 1. The molecule has 0 spiro atoms. The molecule has 1 amide bonds. The van der Waals surface area contributed by atoms with Crippen LogP contribution in [0.4, 0.5) is 0 Å². The molecular weight excluding hydrogens is 319 g/mol. The van der Waals surface area contributed by atoms with Crippen LogP contribution in [0.25, 0.3) is 0 Å². The summed E-state index contributed by atoms with van der Waals surface area (Å²) in [5, 5.41) is 0. The molecule has 6 heteroatoms. The number of rotatable bonds is 3. The molecule has 0 saturated carbocycles. The van der Waals surface area contributed by atoms with Gasteiger partial charge in [-0.05, 0) is 0 Å². The molecule has 0 heterocycles. The molecule has 0 N–H and O–H groups in total. The number of halogens is 1. The molecule has 0 aromatic rings. The van der Waals surface area contributed by atoms with Crippen molar-refractivity contribution >= 4 is 35.8 Å². The van der Waals surface area contributed by atoms with Gasteiger partial charge in [-0.2, -0.15) is 0 Å². The van der Waals surface area contributed by atoms with Gasteiger partial charge in [0, 0.05) is 48.7 Å². The van der Waals surface area contributed by atoms with E-state index in [-0.39, 0.29) is 29.9 Å². The zero-order valence-corrected chi connectivity index (χ0v) is 13.3. The summed E-state index contributed by atoms with van der Waals surface area (Å²) in [6, 6.07) is 0. The molecule has 0 atom stereocenters. The summed E-state index contributed by atoms with van der Waals surface area (Å²) in [4.78, 5) is 21.1. The topological polar surface area (TPSA) is 39.2 Å². The minimum absolute atomic E-state index is 0. The number of carbonyl (C=O) groups excluding carboxylic acids is 1. The maximum absolute atomic E-state index is 11.3. The fraction of sp³-hybridized carbons (Fsp3) is 0.800. The van der Waals surface area contributed by atoms with Gasteiger partial charge in [-0.15, -0.1) is 24.0 Å². The summed E-state index contributed by atoms with van der Waals surface area (Å²) in [5.74, 6) is 0.983. The zero-order valence-electron chi connectivity index (χ0n) is 11.0. The number of hydrogen-bond acceptors (Lipinski definition) is 2. The van der Waals surface area contributed by atoms with Crippen LogP contribution in [-0.4, -0.2) is 75.4 Å². The predicted molar refractivity (Wildman–Crippen MR) is 78.4 cm³/mol. The summed E-state index contributed by atoms with van der Waals surface area (Å²) < 4.78 is 0. The number of guanidine groups is 1. The highest BCUT2D eigenvalue weighted by Crippen LogP contribution is 1.93. The van der Waals surface area contributed by atoms with Crippen molar-refractivity contribution in [3.63, 3.8) is 0 Å². The van der Waals surface area contributed by atoms with E-state index in [1.165, 1.54) is 0 Å². The largest absolute Gasteiger partial charge is 0.349 e. The Balaban J connectivity index is 0. The SMILES string of the molecule is CN(C)C(=O)CCN=C(N(C)C)N(C)C.I. The van der Waals surface area contributed by atoms with Crippen LogP contribution in [0.2, 0.25) is 0 Å². The van der Waals surface area contributed by atoms with Gasteiger partial charge in [0.1, 0.15) is 0 Å². The fourth-order valence-corrected chi connectivity index (χ4v) is 1.16. The van der Waals surface area contributed by atoms with Gasteiger partial charge in [-0.1, -0.05) is 0 Å². The van der Waals surface area contributed by atoms with Gasteiger partial charge in [0.15, 0.2) is 5.96 Å². The van der Waals surface area contributed by atoms with Gasteiger partial charge in [-0.3, -0.25) is 9.79 Å². The third kappa shape index (κ3) is 6.86. The Kier molecular flexibility index (Phi) is 9.60. The molecule has 0 aliphatic carbocycles. The third-order valence-corrected chi connectivity index (χ3v) is 1.88. The lowest BCUT2D eigenvalue weighted by atomic mass is 10.4. The van der Waals surface area contributed by atoms with Gasteiger partial charge in [0.2, 0.25) is 5.91 Å². The lowest BCUT2D eigenvalue weighted by Crippen LogP contribution is -2.35. The highest BCUT2D eigenvalue weighted by molar-refractivity contribution is 14.0. The van der Waals surface area contributed by atoms with Crippen molar-refractivity contribution < 1.29 is 4.79 Å². The minimum Gasteiger partial charge on any atom is -0.349 e. The Morgan fingerprint density at radius 2 is 1.38 bits per heavy atom. The van der Waals surface area contributed by atoms with E-state index in [2.05, 4.69) is 4.99 Å². The van der Waals surface area contributed by atoms with Crippen molar-refractivity contribution in [2.75, 3.05) is 48.8 Å². The Hall–Kier alpha value is -0.530. The van der Waals surface area contributed by atoms with Crippen molar-refractivity contribution in [3.8, 4) is 0 Å². The molecule has 0 fully saturated rings. The second kappa shape index (κ2) is 8.60. The van der Waals surface area contributed by atoms with E-state index in [1.54, 1.807) is 19.0 Å². The van der Waals surface area contributed by atoms with E-state index in [4.69, 9.17) is 0 Å². The van der Waals surface area contributed by atoms with Crippen LogP contribution in [0.15, 0.2) is 4.99 Å². The van der Waals surface area contributed by atoms with E-state index in [1.807, 2.05) is 38.0 Å². The van der Waals surface area contributed by atoms with Crippen LogP contribution >= 0.6 is 24.0 Å². The fourth-order valence-electron chi connectivity index (χ4n) is 1.16. The molecule has 0 unspecified atom stereocenters. The van der Waals surface area contributed by atoms with E-state index in [9.17, 15) is 4.79 Å². The first-order valence-electron chi connectivity index (χ1n) is 4.95. The Morgan fingerprint density at radius 3 is 1.69 bits per heavy atom. The van der Waals surface area contributed by atoms with Crippen LogP contribution in [0, 0.1) is 0 Å². The Labute approximate surface area is 116 Å². The highest BCUT2D eigenvalue weighted by Gasteiger charge is 2.06. The monoisotopic (exact) mass is 342 g/mol. The first kappa shape index (κ1) is 17.9. The summed E-state index contributed by atoms with van der Waals surface area (Å²) in [6.45, 7) is 0.530. The van der Waals surface area contributed by atoms with Crippen molar-refractivity contribution in [1.29, 1.82) is 0 Å². The molecule has 0 bridgehead atoms. The predicted octanol–water partition coefficient (Wildman–Crippen LogP) is 0.562. The molecule has 0 aliphatic heterocycles. The quantitative estimate of drug-likeness (QED) is 0.428. The van der Waals surface area contributed by atoms with Gasteiger partial charge in [-0.25, -0.2) is 0 Å². The summed E-state index contributed by atoms with van der Waals surface area (Å²) in [7, 11) is 11.3. The molecule has 0 saturated heterocycles. The Bertz CT molecular complexity index is 229. The normalized spacial score (nSPS) is 8.88. The summed E-state index contributed by atoms with van der Waals surface area (Å²) in [5.41, 5.74) is 0. The second-order valence-corrected chi connectivity index (χ2v) is 4.01. The van der Waals surface area contributed by atoms with E-state index < -0.39 is 0 Å². The number of carbonyl (C=O) groups is 1. The van der Waals surface area contributed by atoms with E-state index in [0.29, 0.717) is 13.0 Å². The van der Waals surface area contributed by atoms with Crippen LogP contribution in [-0.2, 0) is 4.79 Å². The van der Waals surface area contributed by atoms with Crippen LogP contribution in [0.3, 0.4) is 0 Å². The first-order chi connectivity index (χ1) is 6.86.